The SMILES string of the molecule is CCN(CC)S(=O)(=O)c1cccc(C(=O)NC(C(=O)NC(C)C(=O)NC(C)(C)C)C(C)C)c1. The Morgan fingerprint density at radius 3 is 2.03 bits per heavy atom. The van der Waals surface area contributed by atoms with Crippen molar-refractivity contribution in [3.63, 3.8) is 0 Å². The van der Waals surface area contributed by atoms with Crippen molar-refractivity contribution in [2.75, 3.05) is 13.1 Å². The lowest BCUT2D eigenvalue weighted by Gasteiger charge is -2.26. The molecule has 9 nitrogen and oxygen atoms in total. The van der Waals surface area contributed by atoms with Crippen LogP contribution in [0.2, 0.25) is 0 Å². The third kappa shape index (κ3) is 8.12. The molecule has 33 heavy (non-hydrogen) atoms. The van der Waals surface area contributed by atoms with Crippen molar-refractivity contribution in [1.82, 2.24) is 20.3 Å². The van der Waals surface area contributed by atoms with E-state index < -0.39 is 39.5 Å². The molecule has 0 fully saturated rings. The molecule has 0 saturated heterocycles. The maximum Gasteiger partial charge on any atom is 0.251 e. The summed E-state index contributed by atoms with van der Waals surface area (Å²) in [5.74, 6) is -1.68. The first kappa shape index (κ1) is 28.6. The van der Waals surface area contributed by atoms with Gasteiger partial charge in [0, 0.05) is 24.2 Å². The lowest BCUT2D eigenvalue weighted by molar-refractivity contribution is -0.130. The Morgan fingerprint density at radius 1 is 0.970 bits per heavy atom. The molecule has 0 aliphatic heterocycles. The molecule has 10 heteroatoms. The van der Waals surface area contributed by atoms with Gasteiger partial charge < -0.3 is 16.0 Å². The molecule has 2 atom stereocenters. The number of carbonyl (C=O) groups excluding carboxylic acids is 3. The Bertz CT molecular complexity index is 950. The molecule has 3 amide bonds. The molecule has 3 N–H and O–H groups in total. The van der Waals surface area contributed by atoms with Crippen molar-refractivity contribution in [3.05, 3.63) is 29.8 Å². The predicted molar refractivity (Wildman–Crippen MR) is 128 cm³/mol. The fourth-order valence-corrected chi connectivity index (χ4v) is 4.62. The highest BCUT2D eigenvalue weighted by atomic mass is 32.2. The minimum Gasteiger partial charge on any atom is -0.350 e. The zero-order valence-electron chi connectivity index (χ0n) is 20.9. The predicted octanol–water partition coefficient (Wildman–Crippen LogP) is 1.89. The summed E-state index contributed by atoms with van der Waals surface area (Å²) in [6, 6.07) is 4.02. The summed E-state index contributed by atoms with van der Waals surface area (Å²) in [4.78, 5) is 38.0. The molecule has 0 aliphatic rings. The van der Waals surface area contributed by atoms with Crippen LogP contribution in [0.3, 0.4) is 0 Å². The van der Waals surface area contributed by atoms with Crippen molar-refractivity contribution in [3.8, 4) is 0 Å². The molecule has 0 spiro atoms. The molecule has 0 aliphatic carbocycles. The van der Waals surface area contributed by atoms with E-state index in [0.717, 1.165) is 0 Å². The van der Waals surface area contributed by atoms with Gasteiger partial charge in [0.2, 0.25) is 21.8 Å². The molecule has 0 radical (unpaired) electrons. The Hall–Kier alpha value is -2.46. The minimum absolute atomic E-state index is 0.0110. The molecule has 1 aromatic rings. The van der Waals surface area contributed by atoms with E-state index in [0.29, 0.717) is 13.1 Å². The van der Waals surface area contributed by atoms with Crippen LogP contribution in [-0.2, 0) is 19.6 Å². The van der Waals surface area contributed by atoms with Gasteiger partial charge in [0.05, 0.1) is 4.90 Å². The molecule has 1 rings (SSSR count). The van der Waals surface area contributed by atoms with Crippen LogP contribution in [0, 0.1) is 5.92 Å². The highest BCUT2D eigenvalue weighted by Crippen LogP contribution is 2.17. The molecule has 2 unspecified atom stereocenters. The van der Waals surface area contributed by atoms with E-state index in [-0.39, 0.29) is 22.3 Å². The van der Waals surface area contributed by atoms with Crippen molar-refractivity contribution < 1.29 is 22.8 Å². The van der Waals surface area contributed by atoms with Gasteiger partial charge in [0.1, 0.15) is 12.1 Å². The van der Waals surface area contributed by atoms with E-state index in [1.54, 1.807) is 34.6 Å². The average molecular weight is 483 g/mol. The van der Waals surface area contributed by atoms with Crippen LogP contribution in [-0.4, -0.2) is 61.2 Å². The number of sulfonamides is 1. The summed E-state index contributed by atoms with van der Waals surface area (Å²) in [6.45, 7) is 14.7. The number of hydrogen-bond acceptors (Lipinski definition) is 5. The van der Waals surface area contributed by atoms with Crippen LogP contribution in [0.15, 0.2) is 29.2 Å². The Kier molecular flexibility index (Phi) is 10.0. The third-order valence-electron chi connectivity index (χ3n) is 4.93. The van der Waals surface area contributed by atoms with Crippen molar-refractivity contribution in [1.29, 1.82) is 0 Å². The number of carbonyl (C=O) groups is 3. The zero-order valence-corrected chi connectivity index (χ0v) is 21.7. The Morgan fingerprint density at radius 2 is 1.55 bits per heavy atom. The van der Waals surface area contributed by atoms with Crippen molar-refractivity contribution >= 4 is 27.7 Å². The highest BCUT2D eigenvalue weighted by molar-refractivity contribution is 7.89. The minimum atomic E-state index is -3.73. The number of benzene rings is 1. The first-order valence-corrected chi connectivity index (χ1v) is 12.6. The molecule has 0 aromatic heterocycles. The second kappa shape index (κ2) is 11.6. The normalized spacial score (nSPS) is 14.0. The lowest BCUT2D eigenvalue weighted by Crippen LogP contribution is -2.56. The largest absolute Gasteiger partial charge is 0.350 e. The van der Waals surface area contributed by atoms with Gasteiger partial charge in [-0.25, -0.2) is 8.42 Å². The monoisotopic (exact) mass is 482 g/mol. The smallest absolute Gasteiger partial charge is 0.251 e. The van der Waals surface area contributed by atoms with E-state index in [2.05, 4.69) is 16.0 Å². The molecule has 1 aromatic carbocycles. The summed E-state index contributed by atoms with van der Waals surface area (Å²) < 4.78 is 26.9. The van der Waals surface area contributed by atoms with Gasteiger partial charge in [0.25, 0.3) is 5.91 Å². The van der Waals surface area contributed by atoms with Crippen LogP contribution >= 0.6 is 0 Å². The molecular formula is C23H38N4O5S. The second-order valence-corrected chi connectivity index (χ2v) is 11.2. The topological polar surface area (TPSA) is 125 Å². The van der Waals surface area contributed by atoms with Gasteiger partial charge in [0.15, 0.2) is 0 Å². The Labute approximate surface area is 197 Å². The fourth-order valence-electron chi connectivity index (χ4n) is 3.12. The van der Waals surface area contributed by atoms with Gasteiger partial charge in [-0.15, -0.1) is 0 Å². The van der Waals surface area contributed by atoms with E-state index in [1.807, 2.05) is 20.8 Å². The Balaban J connectivity index is 3.03. The van der Waals surface area contributed by atoms with E-state index in [1.165, 1.54) is 28.6 Å². The number of nitrogens with zero attached hydrogens (tertiary/aromatic N) is 1. The van der Waals surface area contributed by atoms with Gasteiger partial charge in [-0.1, -0.05) is 33.8 Å². The summed E-state index contributed by atoms with van der Waals surface area (Å²) >= 11 is 0. The summed E-state index contributed by atoms with van der Waals surface area (Å²) in [5.41, 5.74) is -0.321. The van der Waals surface area contributed by atoms with Crippen LogP contribution in [0.4, 0.5) is 0 Å². The first-order chi connectivity index (χ1) is 15.1. The number of amides is 3. The van der Waals surface area contributed by atoms with E-state index >= 15 is 0 Å². The maximum atomic E-state index is 12.9. The molecule has 0 bridgehead atoms. The molecule has 0 heterocycles. The molecular weight excluding hydrogens is 444 g/mol. The van der Waals surface area contributed by atoms with Gasteiger partial charge in [-0.05, 0) is 51.8 Å². The van der Waals surface area contributed by atoms with Crippen LogP contribution in [0.1, 0.15) is 65.7 Å². The fraction of sp³-hybridized carbons (Fsp3) is 0.609. The number of rotatable bonds is 10. The van der Waals surface area contributed by atoms with Gasteiger partial charge in [-0.3, -0.25) is 14.4 Å². The summed E-state index contributed by atoms with van der Waals surface area (Å²) in [5, 5.41) is 8.10. The van der Waals surface area contributed by atoms with E-state index in [9.17, 15) is 22.8 Å². The quantitative estimate of drug-likeness (QED) is 0.470. The van der Waals surface area contributed by atoms with Gasteiger partial charge >= 0.3 is 0 Å². The molecule has 0 saturated carbocycles. The second-order valence-electron chi connectivity index (χ2n) is 9.28. The summed E-state index contributed by atoms with van der Waals surface area (Å²) in [7, 11) is -3.73. The van der Waals surface area contributed by atoms with Crippen LogP contribution < -0.4 is 16.0 Å². The standard InChI is InChI=1S/C23H38N4O5S/c1-9-27(10-2)33(31,32)18-13-11-12-17(14-18)21(29)25-19(15(3)4)22(30)24-16(5)20(28)26-23(6,7)8/h11-16,19H,9-10H2,1-8H3,(H,24,30)(H,25,29)(H,26,28). The lowest BCUT2D eigenvalue weighted by atomic mass is 10.0. The highest BCUT2D eigenvalue weighted by Gasteiger charge is 2.29. The zero-order chi connectivity index (χ0) is 25.6. The maximum absolute atomic E-state index is 12.9. The first-order valence-electron chi connectivity index (χ1n) is 11.2. The van der Waals surface area contributed by atoms with Crippen molar-refractivity contribution in [2.24, 2.45) is 5.92 Å². The van der Waals surface area contributed by atoms with Crippen LogP contribution in [0.25, 0.3) is 0 Å². The number of hydrogen-bond donors (Lipinski definition) is 3. The van der Waals surface area contributed by atoms with Gasteiger partial charge in [-0.2, -0.15) is 4.31 Å². The third-order valence-corrected chi connectivity index (χ3v) is 6.97. The average Bonchev–Trinajstić information content (AvgIpc) is 2.70. The molecule has 186 valence electrons. The summed E-state index contributed by atoms with van der Waals surface area (Å²) in [6.07, 6.45) is 0. The van der Waals surface area contributed by atoms with E-state index in [4.69, 9.17) is 0 Å². The van der Waals surface area contributed by atoms with Crippen molar-refractivity contribution in [2.45, 2.75) is 77.9 Å². The number of nitrogens with one attached hydrogen (secondary N) is 3. The van der Waals surface area contributed by atoms with Crippen LogP contribution in [0.5, 0.6) is 0 Å².